The molecule has 1 aliphatic heterocycles. The molecule has 33 heavy (non-hydrogen) atoms. The maximum absolute atomic E-state index is 12.7. The van der Waals surface area contributed by atoms with Gasteiger partial charge in [0, 0.05) is 43.5 Å². The van der Waals surface area contributed by atoms with Crippen molar-refractivity contribution < 1.29 is 4.79 Å². The quantitative estimate of drug-likeness (QED) is 0.549. The van der Waals surface area contributed by atoms with Crippen molar-refractivity contribution >= 4 is 30.2 Å². The van der Waals surface area contributed by atoms with Crippen LogP contribution in [-0.2, 0) is 0 Å². The Morgan fingerprint density at radius 2 is 1.79 bits per heavy atom. The number of hydrogen-bond acceptors (Lipinski definition) is 4. The molecule has 2 aromatic rings. The summed E-state index contributed by atoms with van der Waals surface area (Å²) in [6, 6.07) is 7.69. The number of benzene rings is 1. The van der Waals surface area contributed by atoms with Crippen molar-refractivity contribution in [1.82, 2.24) is 19.4 Å². The molecule has 2 heterocycles. The molecule has 0 spiro atoms. The second kappa shape index (κ2) is 10.2. The van der Waals surface area contributed by atoms with Crippen LogP contribution in [0.3, 0.4) is 0 Å². The van der Waals surface area contributed by atoms with E-state index in [0.29, 0.717) is 22.1 Å². The van der Waals surface area contributed by atoms with E-state index >= 15 is 0 Å². The molecule has 2 aliphatic rings. The van der Waals surface area contributed by atoms with E-state index in [4.69, 9.17) is 0 Å². The fourth-order valence-electron chi connectivity index (χ4n) is 4.62. The van der Waals surface area contributed by atoms with Gasteiger partial charge in [-0.05, 0) is 51.1 Å². The lowest BCUT2D eigenvalue weighted by Gasteiger charge is -2.32. The van der Waals surface area contributed by atoms with E-state index < -0.39 is 0 Å². The lowest BCUT2D eigenvalue weighted by molar-refractivity contribution is 0.0664. The Bertz CT molecular complexity index is 1160. The van der Waals surface area contributed by atoms with E-state index in [0.717, 1.165) is 57.5 Å². The number of amidine groups is 1. The monoisotopic (exact) mass is 450 g/mol. The van der Waals surface area contributed by atoms with Crippen LogP contribution in [0.15, 0.2) is 34.1 Å². The number of anilines is 1. The molecule has 1 aliphatic carbocycles. The minimum atomic E-state index is -0.112. The minimum absolute atomic E-state index is 0.0720. The van der Waals surface area contributed by atoms with Crippen LogP contribution in [0.5, 0.6) is 0 Å². The third kappa shape index (κ3) is 5.45. The maximum Gasteiger partial charge on any atom is 0.326 e. The van der Waals surface area contributed by atoms with Gasteiger partial charge in [0.1, 0.15) is 5.84 Å². The molecule has 1 saturated heterocycles. The summed E-state index contributed by atoms with van der Waals surface area (Å²) in [7, 11) is 2.07. The van der Waals surface area contributed by atoms with Gasteiger partial charge in [-0.15, -0.1) is 0 Å². The number of carbonyl (C=O) groups excluding carboxylic acids is 1. The molecular weight excluding hydrogens is 416 g/mol. The standard InChI is InChI=1S/C25H34N6O2/c1-18-23(28-25(33)31(18)22-7-5-4-6-8-22)17-26-19(2)27-21-11-9-20(10-12-21)24(32)30-15-13-29(3)14-16-30/h9-12,17,22H,1,4-8,13-16H2,2-3H3,(H,26,27)(H,28,33)/b23-17+. The molecule has 8 nitrogen and oxygen atoms in total. The number of aromatic nitrogens is 2. The van der Waals surface area contributed by atoms with Crippen LogP contribution in [0.2, 0.25) is 0 Å². The summed E-state index contributed by atoms with van der Waals surface area (Å²) in [5.41, 5.74) is 1.43. The van der Waals surface area contributed by atoms with Crippen LogP contribution in [0.4, 0.5) is 5.69 Å². The van der Waals surface area contributed by atoms with Gasteiger partial charge in [-0.25, -0.2) is 9.79 Å². The van der Waals surface area contributed by atoms with Crippen LogP contribution < -0.4 is 21.7 Å². The number of imidazole rings is 1. The Labute approximate surface area is 194 Å². The lowest BCUT2D eigenvalue weighted by Crippen LogP contribution is -2.47. The number of amides is 1. The first-order chi connectivity index (χ1) is 15.9. The predicted molar refractivity (Wildman–Crippen MR) is 133 cm³/mol. The highest BCUT2D eigenvalue weighted by Gasteiger charge is 2.20. The smallest absolute Gasteiger partial charge is 0.326 e. The van der Waals surface area contributed by atoms with Gasteiger partial charge in [0.25, 0.3) is 5.91 Å². The van der Waals surface area contributed by atoms with Gasteiger partial charge in [-0.1, -0.05) is 25.8 Å². The Morgan fingerprint density at radius 3 is 2.45 bits per heavy atom. The first kappa shape index (κ1) is 23.0. The van der Waals surface area contributed by atoms with Crippen molar-refractivity contribution in [1.29, 1.82) is 0 Å². The normalized spacial score (nSPS) is 19.2. The van der Waals surface area contributed by atoms with Gasteiger partial charge in [0.2, 0.25) is 0 Å². The highest BCUT2D eigenvalue weighted by atomic mass is 16.2. The van der Waals surface area contributed by atoms with Crippen molar-refractivity contribution in [3.8, 4) is 0 Å². The molecule has 4 rings (SSSR count). The second-order valence-electron chi connectivity index (χ2n) is 9.09. The number of nitrogens with one attached hydrogen (secondary N) is 2. The van der Waals surface area contributed by atoms with E-state index in [1.807, 2.05) is 36.1 Å². The molecule has 0 unspecified atom stereocenters. The Balaban J connectivity index is 1.42. The van der Waals surface area contributed by atoms with E-state index in [9.17, 15) is 9.59 Å². The highest BCUT2D eigenvalue weighted by molar-refractivity contribution is 5.97. The van der Waals surface area contributed by atoms with Gasteiger partial charge in [-0.2, -0.15) is 0 Å². The Hall–Kier alpha value is -3.13. The van der Waals surface area contributed by atoms with Crippen molar-refractivity contribution in [2.45, 2.75) is 45.1 Å². The fraction of sp³-hybridized carbons (Fsp3) is 0.480. The van der Waals surface area contributed by atoms with Crippen molar-refractivity contribution in [2.24, 2.45) is 4.99 Å². The third-order valence-corrected chi connectivity index (χ3v) is 6.64. The SMILES string of the molecule is C=c1/c(=C\N=C(C)Nc2ccc(C(=O)N3CCN(C)CC3)cc2)[nH]c(=O)n1C1CCCCC1. The zero-order valence-electron chi connectivity index (χ0n) is 19.6. The minimum Gasteiger partial charge on any atom is -0.344 e. The molecular formula is C25H34N6O2. The van der Waals surface area contributed by atoms with E-state index in [1.54, 1.807) is 10.8 Å². The number of likely N-dealkylation sites (N-methyl/N-ethyl adjacent to an activating group) is 1. The number of carbonyl (C=O) groups is 1. The van der Waals surface area contributed by atoms with Gasteiger partial charge in [0.05, 0.1) is 16.9 Å². The lowest BCUT2D eigenvalue weighted by atomic mass is 9.95. The second-order valence-corrected chi connectivity index (χ2v) is 9.09. The number of rotatable bonds is 4. The maximum atomic E-state index is 12.7. The molecule has 1 aromatic heterocycles. The van der Waals surface area contributed by atoms with E-state index in [1.165, 1.54) is 6.42 Å². The number of H-pyrrole nitrogens is 1. The number of nitrogens with zero attached hydrogens (tertiary/aromatic N) is 4. The number of piperazine rings is 1. The first-order valence-electron chi connectivity index (χ1n) is 11.8. The molecule has 1 amide bonds. The first-order valence-corrected chi connectivity index (χ1v) is 11.8. The van der Waals surface area contributed by atoms with Crippen LogP contribution in [-0.4, -0.2) is 64.3 Å². The zero-order chi connectivity index (χ0) is 23.4. The highest BCUT2D eigenvalue weighted by Crippen LogP contribution is 2.25. The summed E-state index contributed by atoms with van der Waals surface area (Å²) >= 11 is 0. The predicted octanol–water partition coefficient (Wildman–Crippen LogP) is 1.75. The van der Waals surface area contributed by atoms with E-state index in [-0.39, 0.29) is 17.6 Å². The van der Waals surface area contributed by atoms with Crippen molar-refractivity contribution in [3.05, 3.63) is 51.0 Å². The number of aromatic amines is 1. The third-order valence-electron chi connectivity index (χ3n) is 6.64. The summed E-state index contributed by atoms with van der Waals surface area (Å²) in [5.74, 6) is 0.751. The Morgan fingerprint density at radius 1 is 1.12 bits per heavy atom. The van der Waals surface area contributed by atoms with Gasteiger partial charge in [-0.3, -0.25) is 9.36 Å². The summed E-state index contributed by atoms with van der Waals surface area (Å²) in [6.45, 7) is 9.31. The summed E-state index contributed by atoms with van der Waals surface area (Å²) in [4.78, 5) is 36.7. The van der Waals surface area contributed by atoms with Gasteiger partial charge < -0.3 is 20.1 Å². The molecule has 1 saturated carbocycles. The molecule has 0 bridgehead atoms. The summed E-state index contributed by atoms with van der Waals surface area (Å²) in [6.07, 6.45) is 7.25. The van der Waals surface area contributed by atoms with Crippen LogP contribution in [0.25, 0.3) is 12.8 Å². The number of hydrogen-bond donors (Lipinski definition) is 2. The number of aliphatic imine (C=N–C) groups is 1. The molecule has 2 N–H and O–H groups in total. The van der Waals surface area contributed by atoms with Crippen LogP contribution in [0, 0.1) is 0 Å². The van der Waals surface area contributed by atoms with Gasteiger partial charge >= 0.3 is 5.69 Å². The molecule has 8 heteroatoms. The van der Waals surface area contributed by atoms with Crippen LogP contribution >= 0.6 is 0 Å². The molecule has 1 aromatic carbocycles. The Kier molecular flexibility index (Phi) is 7.13. The van der Waals surface area contributed by atoms with Crippen LogP contribution in [0.1, 0.15) is 55.4 Å². The van der Waals surface area contributed by atoms with Crippen molar-refractivity contribution in [2.75, 3.05) is 38.5 Å². The topological polar surface area (TPSA) is 85.7 Å². The molecule has 176 valence electrons. The van der Waals surface area contributed by atoms with Crippen molar-refractivity contribution in [3.63, 3.8) is 0 Å². The summed E-state index contributed by atoms with van der Waals surface area (Å²) < 4.78 is 1.79. The average Bonchev–Trinajstić information content (AvgIpc) is 3.11. The fourth-order valence-corrected chi connectivity index (χ4v) is 4.62. The van der Waals surface area contributed by atoms with E-state index in [2.05, 4.69) is 33.8 Å². The summed E-state index contributed by atoms with van der Waals surface area (Å²) in [5, 5.41) is 4.56. The average molecular weight is 451 g/mol. The van der Waals surface area contributed by atoms with Gasteiger partial charge in [0.15, 0.2) is 0 Å². The zero-order valence-corrected chi connectivity index (χ0v) is 19.6. The molecule has 0 atom stereocenters. The molecule has 2 fully saturated rings. The molecule has 0 radical (unpaired) electrons. The largest absolute Gasteiger partial charge is 0.344 e.